The highest BCUT2D eigenvalue weighted by molar-refractivity contribution is 5.95. The fourth-order valence-electron chi connectivity index (χ4n) is 2.99. The lowest BCUT2D eigenvalue weighted by molar-refractivity contribution is -0.121. The van der Waals surface area contributed by atoms with Gasteiger partial charge in [0.1, 0.15) is 6.04 Å². The monoisotopic (exact) mass is 411 g/mol. The maximum atomic E-state index is 13.0. The van der Waals surface area contributed by atoms with Gasteiger partial charge >= 0.3 is 0 Å². The Bertz CT molecular complexity index is 663. The van der Waals surface area contributed by atoms with E-state index in [1.165, 1.54) is 5.56 Å². The van der Waals surface area contributed by atoms with Crippen LogP contribution in [0.25, 0.3) is 0 Å². The van der Waals surface area contributed by atoms with E-state index in [2.05, 4.69) is 42.4 Å². The van der Waals surface area contributed by atoms with Crippen LogP contribution in [0.1, 0.15) is 37.9 Å². The van der Waals surface area contributed by atoms with Crippen molar-refractivity contribution in [1.29, 1.82) is 0 Å². The van der Waals surface area contributed by atoms with Gasteiger partial charge in [0.05, 0.1) is 0 Å². The molecule has 0 saturated carbocycles. The lowest BCUT2D eigenvalue weighted by Gasteiger charge is -2.29. The van der Waals surface area contributed by atoms with Crippen molar-refractivity contribution in [2.75, 3.05) is 25.0 Å². The largest absolute Gasteiger partial charge is 0.324 e. The van der Waals surface area contributed by atoms with Gasteiger partial charge in [0.2, 0.25) is 5.91 Å². The smallest absolute Gasteiger partial charge is 0.246 e. The summed E-state index contributed by atoms with van der Waals surface area (Å²) in [5.74, 6) is 0.00972. The number of likely N-dealkylation sites (N-methyl/N-ethyl adjacent to an activating group) is 1. The number of nitrogens with one attached hydrogen (secondary N) is 2. The van der Waals surface area contributed by atoms with E-state index in [4.69, 9.17) is 0 Å². The first-order valence-electron chi connectivity index (χ1n) is 9.09. The molecule has 0 spiro atoms. The minimum atomic E-state index is -0.284. The molecule has 4 nitrogen and oxygen atoms in total. The van der Waals surface area contributed by atoms with Gasteiger partial charge in [0, 0.05) is 12.2 Å². The molecule has 0 aliphatic carbocycles. The molecule has 1 amide bonds. The highest BCUT2D eigenvalue weighted by Crippen LogP contribution is 2.23. The van der Waals surface area contributed by atoms with Crippen LogP contribution >= 0.6 is 24.8 Å². The maximum absolute atomic E-state index is 13.0. The Hall–Kier alpha value is -1.59. The Morgan fingerprint density at radius 3 is 2.22 bits per heavy atom. The SMILES string of the molecule is CCNCc1cccc(NC(=O)C(c2ccccc2)N(CC)CC)c1.Cl.Cl. The van der Waals surface area contributed by atoms with Crippen molar-refractivity contribution in [3.05, 3.63) is 65.7 Å². The summed E-state index contributed by atoms with van der Waals surface area (Å²) in [6.45, 7) is 9.63. The number of hydrogen-bond acceptors (Lipinski definition) is 3. The lowest BCUT2D eigenvalue weighted by Crippen LogP contribution is -2.37. The zero-order valence-corrected chi connectivity index (χ0v) is 17.9. The summed E-state index contributed by atoms with van der Waals surface area (Å²) in [6.07, 6.45) is 0. The van der Waals surface area contributed by atoms with Crippen LogP contribution in [0.5, 0.6) is 0 Å². The molecular weight excluding hydrogens is 381 g/mol. The minimum absolute atomic E-state index is 0. The predicted octanol–water partition coefficient (Wildman–Crippen LogP) is 4.66. The number of hydrogen-bond donors (Lipinski definition) is 2. The van der Waals surface area contributed by atoms with E-state index in [9.17, 15) is 4.79 Å². The van der Waals surface area contributed by atoms with E-state index < -0.39 is 0 Å². The van der Waals surface area contributed by atoms with E-state index in [0.29, 0.717) is 0 Å². The first-order chi connectivity index (χ1) is 12.2. The van der Waals surface area contributed by atoms with E-state index in [1.807, 2.05) is 48.5 Å². The van der Waals surface area contributed by atoms with Crippen LogP contribution in [0.2, 0.25) is 0 Å². The van der Waals surface area contributed by atoms with Gasteiger partial charge in [0.15, 0.2) is 0 Å². The number of anilines is 1. The van der Waals surface area contributed by atoms with Crippen molar-refractivity contribution < 1.29 is 4.79 Å². The molecule has 6 heteroatoms. The zero-order valence-electron chi connectivity index (χ0n) is 16.3. The van der Waals surface area contributed by atoms with Crippen molar-refractivity contribution in [3.8, 4) is 0 Å². The Balaban J connectivity index is 0.00000338. The van der Waals surface area contributed by atoms with Gasteiger partial charge in [-0.2, -0.15) is 0 Å². The second-order valence-electron chi connectivity index (χ2n) is 6.00. The number of carbonyl (C=O) groups is 1. The van der Waals surface area contributed by atoms with E-state index in [0.717, 1.165) is 37.4 Å². The van der Waals surface area contributed by atoms with Gasteiger partial charge < -0.3 is 10.6 Å². The number of nitrogens with zero attached hydrogens (tertiary/aromatic N) is 1. The molecule has 2 rings (SSSR count). The highest BCUT2D eigenvalue weighted by atomic mass is 35.5. The molecule has 27 heavy (non-hydrogen) atoms. The molecule has 0 radical (unpaired) electrons. The summed E-state index contributed by atoms with van der Waals surface area (Å²) in [5, 5.41) is 6.41. The third-order valence-electron chi connectivity index (χ3n) is 4.31. The van der Waals surface area contributed by atoms with E-state index in [1.54, 1.807) is 0 Å². The van der Waals surface area contributed by atoms with Crippen molar-refractivity contribution >= 4 is 36.4 Å². The molecule has 2 N–H and O–H groups in total. The predicted molar refractivity (Wildman–Crippen MR) is 119 cm³/mol. The quantitative estimate of drug-likeness (QED) is 0.630. The number of carbonyl (C=O) groups excluding carboxylic acids is 1. The van der Waals surface area contributed by atoms with Crippen molar-refractivity contribution in [2.24, 2.45) is 0 Å². The molecule has 0 saturated heterocycles. The molecule has 1 unspecified atom stereocenters. The standard InChI is InChI=1S/C21H29N3O.2ClH/c1-4-22-16-17-11-10-14-19(15-17)23-21(25)20(24(5-2)6-3)18-12-8-7-9-13-18;;/h7-15,20,22H,4-6,16H2,1-3H3,(H,23,25);2*1H. The molecule has 1 atom stereocenters. The normalized spacial score (nSPS) is 11.3. The Morgan fingerprint density at radius 1 is 0.963 bits per heavy atom. The molecule has 150 valence electrons. The molecule has 0 heterocycles. The molecule has 0 aliphatic rings. The Morgan fingerprint density at radius 2 is 1.63 bits per heavy atom. The first kappa shape index (κ1) is 25.4. The summed E-state index contributed by atoms with van der Waals surface area (Å²) in [4.78, 5) is 15.2. The number of halogens is 2. The van der Waals surface area contributed by atoms with Gasteiger partial charge in [-0.25, -0.2) is 0 Å². The molecular formula is C21H31Cl2N3O. The van der Waals surface area contributed by atoms with Crippen molar-refractivity contribution in [1.82, 2.24) is 10.2 Å². The zero-order chi connectivity index (χ0) is 18.1. The molecule has 2 aromatic rings. The second kappa shape index (κ2) is 13.6. The molecule has 0 fully saturated rings. The molecule has 0 aromatic heterocycles. The summed E-state index contributed by atoms with van der Waals surface area (Å²) in [5.41, 5.74) is 3.03. The lowest BCUT2D eigenvalue weighted by atomic mass is 10.0. The number of rotatable bonds is 9. The minimum Gasteiger partial charge on any atom is -0.324 e. The highest BCUT2D eigenvalue weighted by Gasteiger charge is 2.25. The molecule has 0 bridgehead atoms. The number of amides is 1. The Labute approximate surface area is 175 Å². The van der Waals surface area contributed by atoms with Crippen molar-refractivity contribution in [3.63, 3.8) is 0 Å². The van der Waals surface area contributed by atoms with Gasteiger partial charge in [-0.1, -0.05) is 63.2 Å². The van der Waals surface area contributed by atoms with Gasteiger partial charge in [-0.15, -0.1) is 24.8 Å². The van der Waals surface area contributed by atoms with Gasteiger partial charge in [-0.05, 0) is 42.9 Å². The van der Waals surface area contributed by atoms with Crippen LogP contribution in [0.3, 0.4) is 0 Å². The summed E-state index contributed by atoms with van der Waals surface area (Å²) in [7, 11) is 0. The van der Waals surface area contributed by atoms with Crippen LogP contribution < -0.4 is 10.6 Å². The fourth-order valence-corrected chi connectivity index (χ4v) is 2.99. The Kier molecular flexibility index (Phi) is 12.8. The van der Waals surface area contributed by atoms with E-state index >= 15 is 0 Å². The van der Waals surface area contributed by atoms with Crippen molar-refractivity contribution in [2.45, 2.75) is 33.4 Å². The average Bonchev–Trinajstić information content (AvgIpc) is 2.65. The summed E-state index contributed by atoms with van der Waals surface area (Å²) in [6, 6.07) is 17.7. The van der Waals surface area contributed by atoms with Crippen LogP contribution in [0.15, 0.2) is 54.6 Å². The van der Waals surface area contributed by atoms with Gasteiger partial charge in [0.25, 0.3) is 0 Å². The third kappa shape index (κ3) is 7.51. The molecule has 0 aliphatic heterocycles. The van der Waals surface area contributed by atoms with E-state index in [-0.39, 0.29) is 36.8 Å². The van der Waals surface area contributed by atoms with Crippen LogP contribution in [0, 0.1) is 0 Å². The first-order valence-corrected chi connectivity index (χ1v) is 9.09. The topological polar surface area (TPSA) is 44.4 Å². The maximum Gasteiger partial charge on any atom is 0.246 e. The fraction of sp³-hybridized carbons (Fsp3) is 0.381. The summed E-state index contributed by atoms with van der Waals surface area (Å²) >= 11 is 0. The molecule has 2 aromatic carbocycles. The van der Waals surface area contributed by atoms with Crippen LogP contribution in [0.4, 0.5) is 5.69 Å². The van der Waals surface area contributed by atoms with Crippen LogP contribution in [-0.4, -0.2) is 30.4 Å². The van der Waals surface area contributed by atoms with Gasteiger partial charge in [-0.3, -0.25) is 9.69 Å². The third-order valence-corrected chi connectivity index (χ3v) is 4.31. The second-order valence-corrected chi connectivity index (χ2v) is 6.00. The number of benzene rings is 2. The average molecular weight is 412 g/mol. The van der Waals surface area contributed by atoms with Crippen LogP contribution in [-0.2, 0) is 11.3 Å². The summed E-state index contributed by atoms with van der Waals surface area (Å²) < 4.78 is 0.